The third-order valence-corrected chi connectivity index (χ3v) is 4.09. The van der Waals surface area contributed by atoms with Crippen LogP contribution >= 0.6 is 0 Å². The molecule has 0 spiro atoms. The zero-order valence-electron chi connectivity index (χ0n) is 15.4. The predicted octanol–water partition coefficient (Wildman–Crippen LogP) is 3.90. The molecule has 0 bridgehead atoms. The highest BCUT2D eigenvalue weighted by atomic mass is 19.1. The van der Waals surface area contributed by atoms with Crippen molar-refractivity contribution in [3.63, 3.8) is 0 Å². The molecule has 0 heterocycles. The second-order valence-corrected chi connectivity index (χ2v) is 6.17. The number of carbonyl (C=O) groups is 2. The van der Waals surface area contributed by atoms with E-state index in [4.69, 9.17) is 4.74 Å². The summed E-state index contributed by atoms with van der Waals surface area (Å²) in [7, 11) is 0. The molecule has 0 unspecified atom stereocenters. The first-order valence-electron chi connectivity index (χ1n) is 8.64. The summed E-state index contributed by atoms with van der Waals surface area (Å²) in [5, 5.41) is 22.2. The van der Waals surface area contributed by atoms with Crippen LogP contribution in [0.3, 0.4) is 0 Å². The highest BCUT2D eigenvalue weighted by Crippen LogP contribution is 2.23. The van der Waals surface area contributed by atoms with Crippen LogP contribution in [-0.4, -0.2) is 28.5 Å². The molecular weight excluding hydrogens is 395 g/mol. The number of anilines is 1. The highest BCUT2D eigenvalue weighted by Gasteiger charge is 2.15. The molecule has 152 valence electrons. The number of nitrogens with one attached hydrogen (secondary N) is 1. The fraction of sp³-hybridized carbons (Fsp3) is 0.0476. The molecule has 9 heteroatoms. The number of non-ortho nitro benzene ring substituents is 1. The van der Waals surface area contributed by atoms with E-state index < -0.39 is 34.9 Å². The lowest BCUT2D eigenvalue weighted by Gasteiger charge is -2.08. The largest absolute Gasteiger partial charge is 0.508 e. The van der Waals surface area contributed by atoms with Gasteiger partial charge < -0.3 is 15.2 Å². The minimum absolute atomic E-state index is 0.141. The number of rotatable bonds is 6. The number of benzene rings is 3. The van der Waals surface area contributed by atoms with E-state index in [1.165, 1.54) is 12.1 Å². The number of esters is 1. The van der Waals surface area contributed by atoms with Gasteiger partial charge in [-0.2, -0.15) is 0 Å². The second kappa shape index (κ2) is 8.82. The zero-order chi connectivity index (χ0) is 21.7. The molecular formula is C21H15FN2O6. The number of aromatic hydroxyl groups is 1. The van der Waals surface area contributed by atoms with Crippen LogP contribution < -0.4 is 5.32 Å². The maximum Gasteiger partial charge on any atom is 0.338 e. The smallest absolute Gasteiger partial charge is 0.338 e. The Kier molecular flexibility index (Phi) is 6.02. The summed E-state index contributed by atoms with van der Waals surface area (Å²) in [6.45, 7) is -0.694. The fourth-order valence-electron chi connectivity index (χ4n) is 2.58. The first-order valence-corrected chi connectivity index (χ1v) is 8.64. The van der Waals surface area contributed by atoms with E-state index >= 15 is 0 Å². The first kappa shape index (κ1) is 20.5. The molecule has 0 saturated heterocycles. The van der Waals surface area contributed by atoms with Crippen LogP contribution in [0.1, 0.15) is 10.4 Å². The Morgan fingerprint density at radius 2 is 1.60 bits per heavy atom. The molecule has 0 fully saturated rings. The van der Waals surface area contributed by atoms with Crippen LogP contribution in [0, 0.1) is 15.9 Å². The average Bonchev–Trinajstić information content (AvgIpc) is 2.74. The Balaban J connectivity index is 1.59. The number of carbonyl (C=O) groups excluding carboxylic acids is 2. The number of halogens is 1. The van der Waals surface area contributed by atoms with Gasteiger partial charge in [-0.15, -0.1) is 0 Å². The minimum atomic E-state index is -0.856. The van der Waals surface area contributed by atoms with Crippen molar-refractivity contribution in [2.24, 2.45) is 0 Å². The lowest BCUT2D eigenvalue weighted by molar-refractivity contribution is -0.384. The number of phenols is 1. The maximum absolute atomic E-state index is 13.7. The van der Waals surface area contributed by atoms with Crippen LogP contribution in [0.5, 0.6) is 5.75 Å². The SMILES string of the molecule is O=C(COC(=O)c1ccc(-c2ccc(O)cc2)cc1)Nc1cc([N+](=O)[O-])ccc1F. The van der Waals surface area contributed by atoms with E-state index in [0.717, 1.165) is 29.3 Å². The van der Waals surface area contributed by atoms with Crippen molar-refractivity contribution >= 4 is 23.3 Å². The predicted molar refractivity (Wildman–Crippen MR) is 106 cm³/mol. The topological polar surface area (TPSA) is 119 Å². The molecule has 0 aliphatic heterocycles. The number of phenolic OH excluding ortho intramolecular Hbond substituents is 1. The molecule has 0 aliphatic rings. The van der Waals surface area contributed by atoms with Crippen LogP contribution in [0.15, 0.2) is 66.7 Å². The van der Waals surface area contributed by atoms with Gasteiger partial charge in [0, 0.05) is 12.1 Å². The molecule has 1 amide bonds. The molecule has 0 saturated carbocycles. The lowest BCUT2D eigenvalue weighted by Crippen LogP contribution is -2.21. The molecule has 3 aromatic rings. The highest BCUT2D eigenvalue weighted by molar-refractivity contribution is 5.96. The summed E-state index contributed by atoms with van der Waals surface area (Å²) in [6.07, 6.45) is 0. The minimum Gasteiger partial charge on any atom is -0.508 e. The van der Waals surface area contributed by atoms with Crippen LogP contribution in [0.25, 0.3) is 11.1 Å². The first-order chi connectivity index (χ1) is 14.3. The van der Waals surface area contributed by atoms with Crippen LogP contribution in [0.2, 0.25) is 0 Å². The van der Waals surface area contributed by atoms with Crippen molar-refractivity contribution in [2.45, 2.75) is 0 Å². The molecule has 3 aromatic carbocycles. The monoisotopic (exact) mass is 410 g/mol. The standard InChI is InChI=1S/C21H15FN2O6/c22-18-10-7-16(24(28)29)11-19(18)23-20(26)12-30-21(27)15-3-1-13(2-4-15)14-5-8-17(25)9-6-14/h1-11,25H,12H2,(H,23,26). The van der Waals surface area contributed by atoms with E-state index in [2.05, 4.69) is 5.32 Å². The van der Waals surface area contributed by atoms with Crippen LogP contribution in [-0.2, 0) is 9.53 Å². The zero-order valence-corrected chi connectivity index (χ0v) is 15.4. The van der Waals surface area contributed by atoms with Gasteiger partial charge >= 0.3 is 5.97 Å². The van der Waals surface area contributed by atoms with Gasteiger partial charge in [-0.25, -0.2) is 9.18 Å². The van der Waals surface area contributed by atoms with E-state index in [1.807, 2.05) is 0 Å². The lowest BCUT2D eigenvalue weighted by atomic mass is 10.0. The van der Waals surface area contributed by atoms with Crippen molar-refractivity contribution in [3.05, 3.63) is 88.2 Å². The Bertz CT molecular complexity index is 1100. The molecule has 0 aromatic heterocycles. The Morgan fingerprint density at radius 3 is 2.20 bits per heavy atom. The van der Waals surface area contributed by atoms with Gasteiger partial charge in [-0.3, -0.25) is 14.9 Å². The number of amides is 1. The van der Waals surface area contributed by atoms with Crippen molar-refractivity contribution < 1.29 is 28.7 Å². The summed E-state index contributed by atoms with van der Waals surface area (Å²) in [5.74, 6) is -2.32. The average molecular weight is 410 g/mol. The molecule has 0 aliphatic carbocycles. The number of ether oxygens (including phenoxy) is 1. The summed E-state index contributed by atoms with van der Waals surface area (Å²) in [5.41, 5.74) is 1.07. The number of nitrogens with zero attached hydrogens (tertiary/aromatic N) is 1. The molecule has 30 heavy (non-hydrogen) atoms. The molecule has 2 N–H and O–H groups in total. The van der Waals surface area contributed by atoms with Gasteiger partial charge in [0.15, 0.2) is 6.61 Å². The van der Waals surface area contributed by atoms with Crippen molar-refractivity contribution in [1.82, 2.24) is 0 Å². The number of hydrogen-bond acceptors (Lipinski definition) is 6. The van der Waals surface area contributed by atoms with Crippen molar-refractivity contribution in [2.75, 3.05) is 11.9 Å². The quantitative estimate of drug-likeness (QED) is 0.361. The normalized spacial score (nSPS) is 10.3. The van der Waals surface area contributed by atoms with Crippen molar-refractivity contribution in [1.29, 1.82) is 0 Å². The fourth-order valence-corrected chi connectivity index (χ4v) is 2.58. The second-order valence-electron chi connectivity index (χ2n) is 6.17. The van der Waals surface area contributed by atoms with Gasteiger partial charge in [0.2, 0.25) is 0 Å². The Morgan fingerprint density at radius 1 is 1.00 bits per heavy atom. The van der Waals surface area contributed by atoms with E-state index in [1.54, 1.807) is 36.4 Å². The molecule has 0 radical (unpaired) electrons. The third-order valence-electron chi connectivity index (χ3n) is 4.09. The molecule has 8 nitrogen and oxygen atoms in total. The molecule has 3 rings (SSSR count). The van der Waals surface area contributed by atoms with Gasteiger partial charge in [0.25, 0.3) is 11.6 Å². The van der Waals surface area contributed by atoms with Gasteiger partial charge in [-0.05, 0) is 41.5 Å². The Hall–Kier alpha value is -4.27. The van der Waals surface area contributed by atoms with E-state index in [-0.39, 0.29) is 17.0 Å². The van der Waals surface area contributed by atoms with Gasteiger partial charge in [-0.1, -0.05) is 24.3 Å². The maximum atomic E-state index is 13.7. The Labute approximate surface area is 169 Å². The summed E-state index contributed by atoms with van der Waals surface area (Å²) >= 11 is 0. The third kappa shape index (κ3) is 4.96. The van der Waals surface area contributed by atoms with Crippen molar-refractivity contribution in [3.8, 4) is 16.9 Å². The van der Waals surface area contributed by atoms with E-state index in [0.29, 0.717) is 0 Å². The van der Waals surface area contributed by atoms with Gasteiger partial charge in [0.1, 0.15) is 11.6 Å². The number of nitro benzene ring substituents is 1. The van der Waals surface area contributed by atoms with Gasteiger partial charge in [0.05, 0.1) is 16.2 Å². The summed E-state index contributed by atoms with van der Waals surface area (Å²) in [6, 6.07) is 15.6. The van der Waals surface area contributed by atoms with Crippen LogP contribution in [0.4, 0.5) is 15.8 Å². The van der Waals surface area contributed by atoms with E-state index in [9.17, 15) is 29.2 Å². The number of hydrogen-bond donors (Lipinski definition) is 2. The summed E-state index contributed by atoms with van der Waals surface area (Å²) < 4.78 is 18.6. The summed E-state index contributed by atoms with van der Waals surface area (Å²) in [4.78, 5) is 34.0. The number of nitro groups is 1. The molecule has 0 atom stereocenters.